The number of esters is 1. The number of aromatic amines is 1. The lowest BCUT2D eigenvalue weighted by Crippen LogP contribution is -2.10. The molecule has 2 aromatic rings. The molecule has 0 radical (unpaired) electrons. The molecule has 1 aromatic carbocycles. The molecule has 0 aliphatic heterocycles. The van der Waals surface area contributed by atoms with Gasteiger partial charge in [0.2, 0.25) is 0 Å². The highest BCUT2D eigenvalue weighted by Gasteiger charge is 2.17. The second kappa shape index (κ2) is 5.92. The molecule has 1 atom stereocenters. The zero-order chi connectivity index (χ0) is 14.7. The summed E-state index contributed by atoms with van der Waals surface area (Å²) in [6.07, 6.45) is 1.01. The van der Waals surface area contributed by atoms with Crippen molar-refractivity contribution in [1.29, 1.82) is 0 Å². The van der Waals surface area contributed by atoms with E-state index in [0.717, 1.165) is 5.56 Å². The number of hydrogen-bond acceptors (Lipinski definition) is 3. The second-order valence-electron chi connectivity index (χ2n) is 4.43. The largest absolute Gasteiger partial charge is 0.453 e. The average molecular weight is 292 g/mol. The van der Waals surface area contributed by atoms with Gasteiger partial charge in [-0.1, -0.05) is 29.8 Å². The van der Waals surface area contributed by atoms with E-state index in [-0.39, 0.29) is 11.5 Å². The fourth-order valence-corrected chi connectivity index (χ4v) is 2.10. The third kappa shape index (κ3) is 3.08. The average Bonchev–Trinajstić information content (AvgIpc) is 2.88. The molecule has 0 aliphatic carbocycles. The minimum absolute atomic E-state index is 0.112. The summed E-state index contributed by atoms with van der Waals surface area (Å²) < 4.78 is 5.33. The van der Waals surface area contributed by atoms with Crippen molar-refractivity contribution in [2.75, 3.05) is 0 Å². The number of carbonyl (C=O) groups excluding carboxylic acids is 2. The number of rotatable bonds is 4. The van der Waals surface area contributed by atoms with Crippen LogP contribution < -0.4 is 0 Å². The summed E-state index contributed by atoms with van der Waals surface area (Å²) >= 11 is 6.05. The van der Waals surface area contributed by atoms with Crippen LogP contribution in [0.5, 0.6) is 0 Å². The topological polar surface area (TPSA) is 59.2 Å². The molecule has 2 rings (SSSR count). The molecule has 1 heterocycles. The van der Waals surface area contributed by atoms with Crippen molar-refractivity contribution in [3.8, 4) is 0 Å². The van der Waals surface area contributed by atoms with E-state index in [0.29, 0.717) is 10.6 Å². The molecule has 1 aromatic heterocycles. The van der Waals surface area contributed by atoms with Gasteiger partial charge in [-0.15, -0.1) is 0 Å². The number of benzene rings is 1. The molecule has 0 bridgehead atoms. The first-order chi connectivity index (χ1) is 9.49. The molecular weight excluding hydrogens is 278 g/mol. The van der Waals surface area contributed by atoms with Crippen LogP contribution in [-0.2, 0) is 4.74 Å². The van der Waals surface area contributed by atoms with Crippen molar-refractivity contribution in [3.05, 3.63) is 58.4 Å². The van der Waals surface area contributed by atoms with Crippen LogP contribution in [0.3, 0.4) is 0 Å². The van der Waals surface area contributed by atoms with Crippen molar-refractivity contribution in [1.82, 2.24) is 4.98 Å². The molecule has 0 saturated carbocycles. The fraction of sp³-hybridized carbons (Fsp3) is 0.200. The number of carbonyl (C=O) groups is 2. The number of H-pyrrole nitrogens is 1. The highest BCUT2D eigenvalue weighted by Crippen LogP contribution is 2.25. The molecule has 0 fully saturated rings. The van der Waals surface area contributed by atoms with E-state index in [4.69, 9.17) is 16.3 Å². The van der Waals surface area contributed by atoms with Crippen molar-refractivity contribution in [3.63, 3.8) is 0 Å². The highest BCUT2D eigenvalue weighted by molar-refractivity contribution is 6.31. The molecule has 20 heavy (non-hydrogen) atoms. The summed E-state index contributed by atoms with van der Waals surface area (Å²) in [4.78, 5) is 25.9. The smallest absolute Gasteiger partial charge is 0.355 e. The summed E-state index contributed by atoms with van der Waals surface area (Å²) in [5.41, 5.74) is 1.43. The lowest BCUT2D eigenvalue weighted by Gasteiger charge is -2.14. The zero-order valence-electron chi connectivity index (χ0n) is 11.1. The number of aromatic nitrogens is 1. The maximum atomic E-state index is 12.0. The quantitative estimate of drug-likeness (QED) is 0.689. The first-order valence-corrected chi connectivity index (χ1v) is 6.51. The third-order valence-electron chi connectivity index (χ3n) is 2.94. The van der Waals surface area contributed by atoms with Crippen molar-refractivity contribution >= 4 is 23.4 Å². The van der Waals surface area contributed by atoms with E-state index in [1.807, 2.05) is 12.1 Å². The van der Waals surface area contributed by atoms with E-state index in [1.54, 1.807) is 19.1 Å². The Morgan fingerprint density at radius 3 is 2.60 bits per heavy atom. The number of nitrogens with one attached hydrogen (secondary N) is 1. The number of halogens is 1. The summed E-state index contributed by atoms with van der Waals surface area (Å²) in [6.45, 7) is 3.18. The molecule has 0 amide bonds. The maximum Gasteiger partial charge on any atom is 0.355 e. The third-order valence-corrected chi connectivity index (χ3v) is 3.28. The molecule has 0 saturated heterocycles. The van der Waals surface area contributed by atoms with Gasteiger partial charge >= 0.3 is 5.97 Å². The van der Waals surface area contributed by atoms with Crippen LogP contribution in [0.1, 0.15) is 46.4 Å². The van der Waals surface area contributed by atoms with E-state index in [1.165, 1.54) is 19.2 Å². The monoisotopic (exact) mass is 291 g/mol. The van der Waals surface area contributed by atoms with Crippen LogP contribution in [0.2, 0.25) is 5.02 Å². The van der Waals surface area contributed by atoms with Gasteiger partial charge in [0.05, 0.1) is 0 Å². The van der Waals surface area contributed by atoms with Crippen LogP contribution in [0.15, 0.2) is 36.5 Å². The Bertz CT molecular complexity index is 648. The first kappa shape index (κ1) is 14.3. The Morgan fingerprint density at radius 1 is 1.30 bits per heavy atom. The molecule has 0 aliphatic rings. The normalized spacial score (nSPS) is 11.9. The molecule has 104 valence electrons. The lowest BCUT2D eigenvalue weighted by atomic mass is 10.1. The van der Waals surface area contributed by atoms with Crippen molar-refractivity contribution in [2.45, 2.75) is 20.0 Å². The minimum Gasteiger partial charge on any atom is -0.453 e. The molecule has 5 heteroatoms. The van der Waals surface area contributed by atoms with Crippen molar-refractivity contribution in [2.24, 2.45) is 0 Å². The van der Waals surface area contributed by atoms with Crippen LogP contribution in [0.4, 0.5) is 0 Å². The van der Waals surface area contributed by atoms with Crippen LogP contribution in [0.25, 0.3) is 0 Å². The number of Topliss-reactive ketones (excluding diaryl/α,β-unsaturated/α-hetero) is 1. The lowest BCUT2D eigenvalue weighted by molar-refractivity contribution is 0.0332. The van der Waals surface area contributed by atoms with E-state index < -0.39 is 12.1 Å². The maximum absolute atomic E-state index is 12.0. The number of hydrogen-bond donors (Lipinski definition) is 1. The van der Waals surface area contributed by atoms with Gasteiger partial charge in [0.25, 0.3) is 0 Å². The number of ether oxygens (including phenoxy) is 1. The second-order valence-corrected chi connectivity index (χ2v) is 4.83. The number of ketones is 1. The molecule has 0 unspecified atom stereocenters. The predicted octanol–water partition coefficient (Wildman–Crippen LogP) is 3.79. The summed E-state index contributed by atoms with van der Waals surface area (Å²) in [7, 11) is 0. The van der Waals surface area contributed by atoms with Gasteiger partial charge in [-0.25, -0.2) is 4.79 Å². The molecule has 1 N–H and O–H groups in total. The Balaban J connectivity index is 2.11. The predicted molar refractivity (Wildman–Crippen MR) is 76.1 cm³/mol. The molecule has 4 nitrogen and oxygen atoms in total. The standard InChI is InChI=1S/C15H14ClNO3/c1-9(18)11-7-14(17-8-11)15(19)20-10(2)12-5-3-4-6-13(12)16/h3-8,10,17H,1-2H3/t10-/m0/s1. The molecular formula is C15H14ClNO3. The summed E-state index contributed by atoms with van der Waals surface area (Å²) in [5, 5.41) is 0.545. The van der Waals surface area contributed by atoms with E-state index >= 15 is 0 Å². The zero-order valence-corrected chi connectivity index (χ0v) is 11.9. The van der Waals surface area contributed by atoms with Gasteiger partial charge < -0.3 is 9.72 Å². The molecule has 0 spiro atoms. The van der Waals surface area contributed by atoms with Gasteiger partial charge in [0.1, 0.15) is 11.8 Å². The van der Waals surface area contributed by atoms with Gasteiger partial charge in [-0.05, 0) is 26.0 Å². The van der Waals surface area contributed by atoms with Crippen LogP contribution >= 0.6 is 11.6 Å². The van der Waals surface area contributed by atoms with Gasteiger partial charge in [-0.3, -0.25) is 4.79 Å². The Morgan fingerprint density at radius 2 is 2.00 bits per heavy atom. The Labute approximate surface area is 121 Å². The van der Waals surface area contributed by atoms with Gasteiger partial charge in [0, 0.05) is 22.3 Å². The highest BCUT2D eigenvalue weighted by atomic mass is 35.5. The van der Waals surface area contributed by atoms with Crippen LogP contribution in [0, 0.1) is 0 Å². The summed E-state index contributed by atoms with van der Waals surface area (Å²) in [5.74, 6) is -0.635. The van der Waals surface area contributed by atoms with Gasteiger partial charge in [0.15, 0.2) is 5.78 Å². The minimum atomic E-state index is -0.523. The van der Waals surface area contributed by atoms with Crippen molar-refractivity contribution < 1.29 is 14.3 Å². The SMILES string of the molecule is CC(=O)c1c[nH]c(C(=O)O[C@@H](C)c2ccccc2Cl)c1. The van der Waals surface area contributed by atoms with Gasteiger partial charge in [-0.2, -0.15) is 0 Å². The van der Waals surface area contributed by atoms with E-state index in [9.17, 15) is 9.59 Å². The van der Waals surface area contributed by atoms with Crippen LogP contribution in [-0.4, -0.2) is 16.7 Å². The van der Waals surface area contributed by atoms with E-state index in [2.05, 4.69) is 4.98 Å². The Kier molecular flexibility index (Phi) is 4.25. The Hall–Kier alpha value is -2.07. The first-order valence-electron chi connectivity index (χ1n) is 6.14. The fourth-order valence-electron chi connectivity index (χ4n) is 1.81. The summed E-state index contributed by atoms with van der Waals surface area (Å²) in [6, 6.07) is 8.65.